The number of methoxy groups -OCH3 is 1. The quantitative estimate of drug-likeness (QED) is 0.432. The average molecular weight is 527 g/mol. The Balaban J connectivity index is 2.48. The average Bonchev–Trinajstić information content (AvgIpc) is 2.82. The minimum absolute atomic E-state index is 0.109. The van der Waals surface area contributed by atoms with Gasteiger partial charge in [-0.15, -0.1) is 0 Å². The van der Waals surface area contributed by atoms with E-state index >= 15 is 0 Å². The molecule has 0 radical (unpaired) electrons. The molecule has 38 heavy (non-hydrogen) atoms. The largest absolute Gasteiger partial charge is 0.497 e. The molecule has 0 aliphatic heterocycles. The van der Waals surface area contributed by atoms with Gasteiger partial charge in [0.1, 0.15) is 23.4 Å². The van der Waals surface area contributed by atoms with Crippen LogP contribution in [0, 0.1) is 13.8 Å². The molecule has 2 aromatic rings. The number of ether oxygens (including phenoxy) is 2. The highest BCUT2D eigenvalue weighted by molar-refractivity contribution is 5.99. The van der Waals surface area contributed by atoms with E-state index in [1.807, 2.05) is 26.0 Å². The van der Waals surface area contributed by atoms with Gasteiger partial charge in [0.2, 0.25) is 11.8 Å². The van der Waals surface area contributed by atoms with E-state index in [0.29, 0.717) is 17.0 Å². The monoisotopic (exact) mass is 526 g/mol. The molecule has 2 unspecified atom stereocenters. The number of aryl methyl sites for hydroxylation is 2. The van der Waals surface area contributed by atoms with Gasteiger partial charge in [-0.25, -0.2) is 4.79 Å². The molecule has 0 saturated carbocycles. The first-order valence-corrected chi connectivity index (χ1v) is 12.4. The first kappa shape index (κ1) is 30.1. The standard InChI is InChI=1S/C28H38N4O6/c1-8-32(26(35)22(16-23(29)33)31-27(36)38-28(4,5)6)24(19-10-9-17(2)18(3)15-19)25(34)30-20-11-13-21(37-7)14-12-20/h9-15,22,24H,8,16H2,1-7H3,(H2,29,33)(H,30,34)(H,31,36). The fraction of sp³-hybridized carbons (Fsp3) is 0.429. The fourth-order valence-corrected chi connectivity index (χ4v) is 3.81. The van der Waals surface area contributed by atoms with E-state index in [2.05, 4.69) is 10.6 Å². The fourth-order valence-electron chi connectivity index (χ4n) is 3.81. The highest BCUT2D eigenvalue weighted by atomic mass is 16.6. The van der Waals surface area contributed by atoms with Crippen molar-refractivity contribution in [2.75, 3.05) is 19.0 Å². The van der Waals surface area contributed by atoms with Crippen molar-refractivity contribution in [2.45, 2.75) is 65.6 Å². The van der Waals surface area contributed by atoms with Gasteiger partial charge >= 0.3 is 6.09 Å². The molecular weight excluding hydrogens is 488 g/mol. The summed E-state index contributed by atoms with van der Waals surface area (Å²) in [5, 5.41) is 5.30. The Labute approximate surface area is 223 Å². The van der Waals surface area contributed by atoms with E-state index in [9.17, 15) is 19.2 Å². The number of alkyl carbamates (subject to hydrolysis) is 1. The van der Waals surface area contributed by atoms with Crippen LogP contribution < -0.4 is 21.1 Å². The van der Waals surface area contributed by atoms with Crippen molar-refractivity contribution < 1.29 is 28.7 Å². The molecule has 0 spiro atoms. The summed E-state index contributed by atoms with van der Waals surface area (Å²) in [5.41, 5.74) is 7.61. The minimum atomic E-state index is -1.33. The first-order chi connectivity index (χ1) is 17.7. The maximum Gasteiger partial charge on any atom is 0.408 e. The number of likely N-dealkylation sites (N-methyl/N-ethyl adjacent to an activating group) is 1. The number of rotatable bonds is 10. The molecule has 0 aliphatic rings. The topological polar surface area (TPSA) is 140 Å². The second-order valence-electron chi connectivity index (χ2n) is 9.96. The van der Waals surface area contributed by atoms with Crippen LogP contribution in [0.1, 0.15) is 56.8 Å². The van der Waals surface area contributed by atoms with Crippen LogP contribution in [0.3, 0.4) is 0 Å². The smallest absolute Gasteiger partial charge is 0.408 e. The highest BCUT2D eigenvalue weighted by Crippen LogP contribution is 2.27. The van der Waals surface area contributed by atoms with Crippen LogP contribution in [0.4, 0.5) is 10.5 Å². The second-order valence-corrected chi connectivity index (χ2v) is 9.96. The van der Waals surface area contributed by atoms with Gasteiger partial charge in [-0.2, -0.15) is 0 Å². The molecule has 10 nitrogen and oxygen atoms in total. The Kier molecular flexibility index (Phi) is 10.3. The number of primary amides is 1. The summed E-state index contributed by atoms with van der Waals surface area (Å²) in [6.07, 6.45) is -1.34. The molecule has 206 valence electrons. The lowest BCUT2D eigenvalue weighted by Crippen LogP contribution is -2.53. The maximum absolute atomic E-state index is 13.8. The molecule has 10 heteroatoms. The molecule has 2 aromatic carbocycles. The van der Waals surface area contributed by atoms with Crippen molar-refractivity contribution in [3.63, 3.8) is 0 Å². The maximum atomic E-state index is 13.8. The summed E-state index contributed by atoms with van der Waals surface area (Å²) >= 11 is 0. The summed E-state index contributed by atoms with van der Waals surface area (Å²) < 4.78 is 10.4. The van der Waals surface area contributed by atoms with Crippen molar-refractivity contribution in [2.24, 2.45) is 5.73 Å². The third-order valence-corrected chi connectivity index (χ3v) is 5.78. The van der Waals surface area contributed by atoms with Crippen LogP contribution in [0.5, 0.6) is 5.75 Å². The Bertz CT molecular complexity index is 1160. The van der Waals surface area contributed by atoms with Gasteiger partial charge in [-0.05, 0) is 82.5 Å². The van der Waals surface area contributed by atoms with Crippen molar-refractivity contribution in [3.8, 4) is 5.75 Å². The Morgan fingerprint density at radius 3 is 2.13 bits per heavy atom. The van der Waals surface area contributed by atoms with Gasteiger partial charge < -0.3 is 30.7 Å². The summed E-state index contributed by atoms with van der Waals surface area (Å²) in [6, 6.07) is 9.88. The number of nitrogens with two attached hydrogens (primary N) is 1. The zero-order chi connectivity index (χ0) is 28.6. The SMILES string of the molecule is CCN(C(=O)C(CC(N)=O)NC(=O)OC(C)(C)C)C(C(=O)Nc1ccc(OC)cc1)c1ccc(C)c(C)c1. The van der Waals surface area contributed by atoms with Gasteiger partial charge in [0.25, 0.3) is 5.91 Å². The Morgan fingerprint density at radius 2 is 1.63 bits per heavy atom. The van der Waals surface area contributed by atoms with Gasteiger partial charge in [0.05, 0.1) is 13.5 Å². The van der Waals surface area contributed by atoms with Gasteiger partial charge in [-0.1, -0.05) is 18.2 Å². The third-order valence-electron chi connectivity index (χ3n) is 5.78. The number of nitrogens with one attached hydrogen (secondary N) is 2. The number of carbonyl (C=O) groups excluding carboxylic acids is 4. The predicted molar refractivity (Wildman–Crippen MR) is 145 cm³/mol. The molecule has 0 fully saturated rings. The first-order valence-electron chi connectivity index (χ1n) is 12.4. The minimum Gasteiger partial charge on any atom is -0.497 e. The number of hydrogen-bond donors (Lipinski definition) is 3. The van der Waals surface area contributed by atoms with Crippen LogP contribution >= 0.6 is 0 Å². The van der Waals surface area contributed by atoms with E-state index in [1.54, 1.807) is 65.1 Å². The molecule has 4 amide bonds. The van der Waals surface area contributed by atoms with Gasteiger partial charge in [0, 0.05) is 12.2 Å². The van der Waals surface area contributed by atoms with E-state index < -0.39 is 47.9 Å². The molecule has 0 heterocycles. The lowest BCUT2D eigenvalue weighted by Gasteiger charge is -2.33. The summed E-state index contributed by atoms with van der Waals surface area (Å²) in [7, 11) is 1.54. The van der Waals surface area contributed by atoms with Crippen molar-refractivity contribution in [1.82, 2.24) is 10.2 Å². The normalized spacial score (nSPS) is 12.6. The zero-order valence-corrected chi connectivity index (χ0v) is 23.1. The van der Waals surface area contributed by atoms with Crippen molar-refractivity contribution in [3.05, 3.63) is 59.2 Å². The molecule has 0 aliphatic carbocycles. The number of nitrogens with zero attached hydrogens (tertiary/aromatic N) is 1. The lowest BCUT2D eigenvalue weighted by atomic mass is 9.98. The molecule has 4 N–H and O–H groups in total. The third kappa shape index (κ3) is 8.50. The van der Waals surface area contributed by atoms with E-state index in [-0.39, 0.29) is 6.54 Å². The van der Waals surface area contributed by atoms with Crippen LogP contribution in [0.25, 0.3) is 0 Å². The molecule has 0 aromatic heterocycles. The summed E-state index contributed by atoms with van der Waals surface area (Å²) in [5.74, 6) is -1.28. The number of amides is 4. The molecular formula is C28H38N4O6. The van der Waals surface area contributed by atoms with E-state index in [4.69, 9.17) is 15.2 Å². The van der Waals surface area contributed by atoms with E-state index in [0.717, 1.165) is 11.1 Å². The van der Waals surface area contributed by atoms with Gasteiger partial charge in [0.15, 0.2) is 0 Å². The zero-order valence-electron chi connectivity index (χ0n) is 23.1. The van der Waals surface area contributed by atoms with Crippen LogP contribution in [0.15, 0.2) is 42.5 Å². The molecule has 2 rings (SSSR count). The van der Waals surface area contributed by atoms with Gasteiger partial charge in [-0.3, -0.25) is 14.4 Å². The second kappa shape index (κ2) is 12.9. The van der Waals surface area contributed by atoms with Crippen LogP contribution in [0.2, 0.25) is 0 Å². The number of hydrogen-bond acceptors (Lipinski definition) is 6. The van der Waals surface area contributed by atoms with Crippen molar-refractivity contribution in [1.29, 1.82) is 0 Å². The number of anilines is 1. The Hall–Kier alpha value is -4.08. The van der Waals surface area contributed by atoms with Crippen molar-refractivity contribution >= 4 is 29.5 Å². The lowest BCUT2D eigenvalue weighted by molar-refractivity contribution is -0.141. The Morgan fingerprint density at radius 1 is 1.00 bits per heavy atom. The molecule has 2 atom stereocenters. The molecule has 0 saturated heterocycles. The summed E-state index contributed by atoms with van der Waals surface area (Å²) in [4.78, 5) is 53.0. The molecule has 0 bridgehead atoms. The van der Waals surface area contributed by atoms with Crippen LogP contribution in [-0.4, -0.2) is 54.0 Å². The van der Waals surface area contributed by atoms with E-state index in [1.165, 1.54) is 4.90 Å². The highest BCUT2D eigenvalue weighted by Gasteiger charge is 2.36. The van der Waals surface area contributed by atoms with Crippen LogP contribution in [-0.2, 0) is 19.1 Å². The number of benzene rings is 2. The predicted octanol–water partition coefficient (Wildman–Crippen LogP) is 3.61. The number of carbonyl (C=O) groups is 4. The summed E-state index contributed by atoms with van der Waals surface area (Å²) in [6.45, 7) is 10.7.